The highest BCUT2D eigenvalue weighted by Gasteiger charge is 2.48. The number of aryl methyl sites for hydroxylation is 1. The van der Waals surface area contributed by atoms with Gasteiger partial charge >= 0.3 is 0 Å². The third kappa shape index (κ3) is 1.82. The van der Waals surface area contributed by atoms with E-state index >= 15 is 0 Å². The normalized spacial score (nSPS) is 35.1. The number of aliphatic imine (C=N–C) groups is 1. The second-order valence-electron chi connectivity index (χ2n) is 5.39. The monoisotopic (exact) mass is 355 g/mol. The third-order valence-corrected chi connectivity index (χ3v) is 6.08. The van der Waals surface area contributed by atoms with Crippen LogP contribution in [0, 0.1) is 0 Å². The number of fused-ring (bicyclic) bond motifs is 3. The maximum absolute atomic E-state index is 5.00. The highest BCUT2D eigenvalue weighted by Crippen LogP contribution is 2.47. The van der Waals surface area contributed by atoms with Crippen molar-refractivity contribution in [2.75, 3.05) is 5.33 Å². The molecule has 17 heavy (non-hydrogen) atoms. The van der Waals surface area contributed by atoms with Crippen molar-refractivity contribution in [1.82, 2.24) is 0 Å². The lowest BCUT2D eigenvalue weighted by Gasteiger charge is -2.31. The standard InChI is InChI=1S/C14H15Br2N/c1-13(9-15)8-14(16)7-6-10-4-2-3-5-11(10)12(14)17-13/h2-5H,6-9H2,1H3. The molecule has 1 aromatic carbocycles. The van der Waals surface area contributed by atoms with E-state index in [1.54, 1.807) is 0 Å². The van der Waals surface area contributed by atoms with E-state index in [1.807, 2.05) is 0 Å². The largest absolute Gasteiger partial charge is 0.280 e. The molecule has 1 aromatic rings. The van der Waals surface area contributed by atoms with Crippen molar-refractivity contribution in [2.24, 2.45) is 4.99 Å². The minimum Gasteiger partial charge on any atom is -0.280 e. The van der Waals surface area contributed by atoms with Crippen LogP contribution in [-0.4, -0.2) is 20.9 Å². The quantitative estimate of drug-likeness (QED) is 0.671. The molecule has 3 rings (SSSR count). The molecule has 2 aliphatic rings. The number of halogens is 2. The zero-order valence-electron chi connectivity index (χ0n) is 9.84. The predicted octanol–water partition coefficient (Wildman–Crippen LogP) is 4.11. The lowest BCUT2D eigenvalue weighted by Crippen LogP contribution is -2.36. The fourth-order valence-electron chi connectivity index (χ4n) is 2.98. The van der Waals surface area contributed by atoms with Gasteiger partial charge in [-0.05, 0) is 31.7 Å². The molecule has 0 radical (unpaired) electrons. The smallest absolute Gasteiger partial charge is 0.0706 e. The second kappa shape index (κ2) is 3.92. The number of alkyl halides is 2. The van der Waals surface area contributed by atoms with Crippen LogP contribution in [0.3, 0.4) is 0 Å². The van der Waals surface area contributed by atoms with Crippen LogP contribution in [0.25, 0.3) is 0 Å². The molecule has 0 N–H and O–H groups in total. The van der Waals surface area contributed by atoms with Crippen molar-refractivity contribution in [3.8, 4) is 0 Å². The lowest BCUT2D eigenvalue weighted by atomic mass is 9.80. The van der Waals surface area contributed by atoms with Crippen LogP contribution in [-0.2, 0) is 6.42 Å². The van der Waals surface area contributed by atoms with E-state index in [-0.39, 0.29) is 9.86 Å². The highest BCUT2D eigenvalue weighted by atomic mass is 79.9. The molecule has 1 nitrogen and oxygen atoms in total. The third-order valence-electron chi connectivity index (χ3n) is 3.82. The van der Waals surface area contributed by atoms with Gasteiger partial charge in [-0.15, -0.1) is 0 Å². The predicted molar refractivity (Wildman–Crippen MR) is 79.8 cm³/mol. The second-order valence-corrected chi connectivity index (χ2v) is 7.47. The van der Waals surface area contributed by atoms with Crippen LogP contribution >= 0.6 is 31.9 Å². The Morgan fingerprint density at radius 3 is 2.88 bits per heavy atom. The van der Waals surface area contributed by atoms with Crippen molar-refractivity contribution >= 4 is 37.6 Å². The van der Waals surface area contributed by atoms with Gasteiger partial charge in [0.2, 0.25) is 0 Å². The van der Waals surface area contributed by atoms with E-state index in [9.17, 15) is 0 Å². The summed E-state index contributed by atoms with van der Waals surface area (Å²) in [6.45, 7) is 2.23. The Kier molecular flexibility index (Phi) is 2.75. The summed E-state index contributed by atoms with van der Waals surface area (Å²) in [6, 6.07) is 8.68. The molecular formula is C14H15Br2N. The van der Waals surface area contributed by atoms with E-state index in [0.717, 1.165) is 24.6 Å². The van der Waals surface area contributed by atoms with Gasteiger partial charge in [0.25, 0.3) is 0 Å². The van der Waals surface area contributed by atoms with Gasteiger partial charge in [0.05, 0.1) is 15.6 Å². The SMILES string of the molecule is CC1(CBr)CC2(Br)CCc3ccccc3C2=N1. The van der Waals surface area contributed by atoms with E-state index in [2.05, 4.69) is 63.0 Å². The summed E-state index contributed by atoms with van der Waals surface area (Å²) in [5.41, 5.74) is 4.10. The molecule has 2 unspecified atom stereocenters. The number of nitrogens with zero attached hydrogens (tertiary/aromatic N) is 1. The van der Waals surface area contributed by atoms with Crippen LogP contribution in [0.5, 0.6) is 0 Å². The first-order chi connectivity index (χ1) is 8.06. The maximum atomic E-state index is 5.00. The molecule has 0 amide bonds. The maximum Gasteiger partial charge on any atom is 0.0706 e. The van der Waals surface area contributed by atoms with Gasteiger partial charge in [0.1, 0.15) is 0 Å². The molecule has 0 fully saturated rings. The van der Waals surface area contributed by atoms with Gasteiger partial charge in [0.15, 0.2) is 0 Å². The minimum atomic E-state index is 0.0380. The molecule has 1 heterocycles. The van der Waals surface area contributed by atoms with Gasteiger partial charge in [-0.2, -0.15) is 0 Å². The van der Waals surface area contributed by atoms with Crippen LogP contribution < -0.4 is 0 Å². The van der Waals surface area contributed by atoms with Gasteiger partial charge in [0, 0.05) is 10.9 Å². The van der Waals surface area contributed by atoms with Crippen LogP contribution in [0.15, 0.2) is 29.3 Å². The van der Waals surface area contributed by atoms with Crippen molar-refractivity contribution in [3.05, 3.63) is 35.4 Å². The van der Waals surface area contributed by atoms with Crippen molar-refractivity contribution < 1.29 is 0 Å². The summed E-state index contributed by atoms with van der Waals surface area (Å²) in [5, 5.41) is 0.930. The van der Waals surface area contributed by atoms with Crippen LogP contribution in [0.4, 0.5) is 0 Å². The van der Waals surface area contributed by atoms with E-state index in [1.165, 1.54) is 16.8 Å². The molecule has 0 saturated heterocycles. The molecule has 1 aliphatic carbocycles. The van der Waals surface area contributed by atoms with E-state index in [0.29, 0.717) is 0 Å². The molecule has 0 spiro atoms. The first kappa shape index (κ1) is 11.9. The molecule has 2 atom stereocenters. The van der Waals surface area contributed by atoms with Crippen LogP contribution in [0.1, 0.15) is 30.9 Å². The fraction of sp³-hybridized carbons (Fsp3) is 0.500. The Morgan fingerprint density at radius 1 is 1.35 bits per heavy atom. The molecule has 0 saturated carbocycles. The highest BCUT2D eigenvalue weighted by molar-refractivity contribution is 9.10. The van der Waals surface area contributed by atoms with Crippen LogP contribution in [0.2, 0.25) is 0 Å². The van der Waals surface area contributed by atoms with Crippen molar-refractivity contribution in [1.29, 1.82) is 0 Å². The zero-order chi connectivity index (χ0) is 12.1. The molecular weight excluding hydrogens is 342 g/mol. The number of benzene rings is 1. The molecule has 0 aromatic heterocycles. The average molecular weight is 357 g/mol. The summed E-state index contributed by atoms with van der Waals surface area (Å²) < 4.78 is 0.101. The summed E-state index contributed by atoms with van der Waals surface area (Å²) in [7, 11) is 0. The Bertz CT molecular complexity index is 497. The van der Waals surface area contributed by atoms with Gasteiger partial charge < -0.3 is 0 Å². The number of hydrogen-bond acceptors (Lipinski definition) is 1. The Labute approximate surface area is 119 Å². The Hall–Kier alpha value is -0.150. The summed E-state index contributed by atoms with van der Waals surface area (Å²) in [5.74, 6) is 0. The summed E-state index contributed by atoms with van der Waals surface area (Å²) in [4.78, 5) is 5.00. The molecule has 90 valence electrons. The zero-order valence-corrected chi connectivity index (χ0v) is 13.0. The molecule has 0 bridgehead atoms. The minimum absolute atomic E-state index is 0.0380. The Balaban J connectivity index is 2.15. The van der Waals surface area contributed by atoms with Gasteiger partial charge in [-0.1, -0.05) is 56.1 Å². The van der Waals surface area contributed by atoms with Crippen molar-refractivity contribution in [2.45, 2.75) is 36.0 Å². The topological polar surface area (TPSA) is 12.4 Å². The average Bonchev–Trinajstić information content (AvgIpc) is 2.62. The van der Waals surface area contributed by atoms with Gasteiger partial charge in [-0.3, -0.25) is 4.99 Å². The number of hydrogen-bond donors (Lipinski definition) is 0. The Morgan fingerprint density at radius 2 is 2.12 bits per heavy atom. The fourth-order valence-corrected chi connectivity index (χ4v) is 4.41. The van der Waals surface area contributed by atoms with E-state index < -0.39 is 0 Å². The molecule has 3 heteroatoms. The first-order valence-electron chi connectivity index (χ1n) is 6.00. The molecule has 1 aliphatic heterocycles. The van der Waals surface area contributed by atoms with Gasteiger partial charge in [-0.25, -0.2) is 0 Å². The van der Waals surface area contributed by atoms with E-state index in [4.69, 9.17) is 4.99 Å². The number of rotatable bonds is 1. The first-order valence-corrected chi connectivity index (χ1v) is 7.91. The lowest BCUT2D eigenvalue weighted by molar-refractivity contribution is 0.483. The van der Waals surface area contributed by atoms with Crippen molar-refractivity contribution in [3.63, 3.8) is 0 Å². The summed E-state index contributed by atoms with van der Waals surface area (Å²) in [6.07, 6.45) is 3.40. The summed E-state index contributed by atoms with van der Waals surface area (Å²) >= 11 is 7.56.